The van der Waals surface area contributed by atoms with Gasteiger partial charge in [-0.05, 0) is 12.8 Å². The average Bonchev–Trinajstić information content (AvgIpc) is 2.66. The van der Waals surface area contributed by atoms with E-state index >= 15 is 0 Å². The van der Waals surface area contributed by atoms with E-state index in [1.807, 2.05) is 0 Å². The van der Waals surface area contributed by atoms with Gasteiger partial charge in [-0.3, -0.25) is 0 Å². The first kappa shape index (κ1) is 7.03. The first-order valence-electron chi connectivity index (χ1n) is 3.69. The highest BCUT2D eigenvalue weighted by atomic mass is 15.6. The van der Waals surface area contributed by atoms with Gasteiger partial charge in [0.2, 0.25) is 0 Å². The summed E-state index contributed by atoms with van der Waals surface area (Å²) >= 11 is 0. The Hall–Kier alpha value is -0.0800. The van der Waals surface area contributed by atoms with Gasteiger partial charge in [0.1, 0.15) is 0 Å². The van der Waals surface area contributed by atoms with E-state index in [0.29, 0.717) is 0 Å². The van der Waals surface area contributed by atoms with E-state index in [1.165, 1.54) is 12.8 Å². The van der Waals surface area contributed by atoms with Gasteiger partial charge in [0.15, 0.2) is 0 Å². The molecule has 0 saturated heterocycles. The fraction of sp³-hybridized carbons (Fsp3) is 1.00. The van der Waals surface area contributed by atoms with E-state index < -0.39 is 0 Å². The lowest BCUT2D eigenvalue weighted by molar-refractivity contribution is 0.0242. The van der Waals surface area contributed by atoms with Crippen LogP contribution in [0.5, 0.6) is 0 Å². The first-order chi connectivity index (χ1) is 4.25. The van der Waals surface area contributed by atoms with Crippen LogP contribution in [-0.2, 0) is 0 Å². The molecule has 0 aromatic rings. The summed E-state index contributed by atoms with van der Waals surface area (Å²) in [6.07, 6.45) is 2.78. The van der Waals surface area contributed by atoms with Gasteiger partial charge in [0.05, 0.1) is 0 Å². The van der Waals surface area contributed by atoms with Crippen molar-refractivity contribution < 1.29 is 0 Å². The second kappa shape index (κ2) is 2.67. The largest absolute Gasteiger partial charge is 0.245 e. The van der Waals surface area contributed by atoms with Crippen LogP contribution in [0.4, 0.5) is 0 Å². The average molecular weight is 128 g/mol. The minimum absolute atomic E-state index is 0.856. The molecular weight excluding hydrogens is 112 g/mol. The number of hydrogen-bond acceptors (Lipinski definition) is 2. The van der Waals surface area contributed by atoms with Crippen LogP contribution in [0.25, 0.3) is 0 Å². The lowest BCUT2D eigenvalue weighted by Gasteiger charge is -2.26. The lowest BCUT2D eigenvalue weighted by Crippen LogP contribution is -2.37. The molecule has 0 atom stereocenters. The summed E-state index contributed by atoms with van der Waals surface area (Å²) in [5.41, 5.74) is 0. The molecule has 0 aromatic carbocycles. The van der Waals surface area contributed by atoms with Gasteiger partial charge in [0, 0.05) is 26.7 Å². The monoisotopic (exact) mass is 128 g/mol. The Morgan fingerprint density at radius 3 is 2.22 bits per heavy atom. The van der Waals surface area contributed by atoms with E-state index in [2.05, 4.69) is 31.0 Å². The highest BCUT2D eigenvalue weighted by Crippen LogP contribution is 2.25. The smallest absolute Gasteiger partial charge is 0.0243 e. The molecule has 0 unspecified atom stereocenters. The zero-order valence-corrected chi connectivity index (χ0v) is 6.59. The Morgan fingerprint density at radius 1 is 1.33 bits per heavy atom. The van der Waals surface area contributed by atoms with E-state index in [0.717, 1.165) is 12.6 Å². The highest BCUT2D eigenvalue weighted by molar-refractivity contribution is 4.80. The maximum Gasteiger partial charge on any atom is 0.0243 e. The minimum Gasteiger partial charge on any atom is -0.245 e. The van der Waals surface area contributed by atoms with Gasteiger partial charge >= 0.3 is 0 Å². The van der Waals surface area contributed by atoms with Crippen LogP contribution in [0.3, 0.4) is 0 Å². The molecule has 1 aliphatic carbocycles. The van der Waals surface area contributed by atoms with Crippen molar-refractivity contribution in [1.82, 2.24) is 10.0 Å². The molecule has 0 aromatic heterocycles. The molecule has 9 heavy (non-hydrogen) atoms. The zero-order valence-electron chi connectivity index (χ0n) is 6.59. The molecular formula is C7H16N2. The molecule has 0 bridgehead atoms. The Balaban J connectivity index is 2.22. The molecule has 2 heteroatoms. The third-order valence-corrected chi connectivity index (χ3v) is 2.07. The van der Waals surface area contributed by atoms with Crippen molar-refractivity contribution in [3.8, 4) is 0 Å². The van der Waals surface area contributed by atoms with E-state index in [9.17, 15) is 0 Å². The van der Waals surface area contributed by atoms with Crippen molar-refractivity contribution in [2.24, 2.45) is 0 Å². The van der Waals surface area contributed by atoms with Crippen LogP contribution in [0.2, 0.25) is 0 Å². The summed E-state index contributed by atoms with van der Waals surface area (Å²) in [6, 6.07) is 0.856. The van der Waals surface area contributed by atoms with Crippen LogP contribution >= 0.6 is 0 Å². The molecule has 0 heterocycles. The second-order valence-electron chi connectivity index (χ2n) is 2.78. The molecule has 1 rings (SSSR count). The number of hydrogen-bond donors (Lipinski definition) is 0. The minimum atomic E-state index is 0.856. The molecule has 0 aliphatic heterocycles. The van der Waals surface area contributed by atoms with Gasteiger partial charge in [-0.25, -0.2) is 10.0 Å². The topological polar surface area (TPSA) is 6.48 Å². The van der Waals surface area contributed by atoms with E-state index in [1.54, 1.807) is 0 Å². The van der Waals surface area contributed by atoms with Crippen LogP contribution < -0.4 is 0 Å². The number of rotatable bonds is 3. The number of hydrazine groups is 1. The van der Waals surface area contributed by atoms with Crippen LogP contribution in [-0.4, -0.2) is 36.7 Å². The highest BCUT2D eigenvalue weighted by Gasteiger charge is 2.27. The fourth-order valence-electron chi connectivity index (χ4n) is 0.950. The van der Waals surface area contributed by atoms with Crippen molar-refractivity contribution in [3.05, 3.63) is 0 Å². The predicted octanol–water partition coefficient (Wildman–Crippen LogP) is 0.947. The molecule has 1 fully saturated rings. The van der Waals surface area contributed by atoms with Gasteiger partial charge in [-0.15, -0.1) is 0 Å². The van der Waals surface area contributed by atoms with Gasteiger partial charge < -0.3 is 0 Å². The molecule has 1 aliphatic rings. The maximum atomic E-state index is 2.33. The molecule has 0 radical (unpaired) electrons. The summed E-state index contributed by atoms with van der Waals surface area (Å²) < 4.78 is 0. The van der Waals surface area contributed by atoms with Crippen LogP contribution in [0.15, 0.2) is 0 Å². The third kappa shape index (κ3) is 1.66. The molecule has 2 nitrogen and oxygen atoms in total. The lowest BCUT2D eigenvalue weighted by atomic mass is 10.6. The van der Waals surface area contributed by atoms with Crippen LogP contribution in [0, 0.1) is 0 Å². The summed E-state index contributed by atoms with van der Waals surface area (Å²) in [5.74, 6) is 0. The first-order valence-corrected chi connectivity index (χ1v) is 3.69. The fourth-order valence-corrected chi connectivity index (χ4v) is 0.950. The zero-order chi connectivity index (χ0) is 6.85. The van der Waals surface area contributed by atoms with Crippen molar-refractivity contribution in [3.63, 3.8) is 0 Å². The summed E-state index contributed by atoms with van der Waals surface area (Å²) in [4.78, 5) is 0. The third-order valence-electron chi connectivity index (χ3n) is 2.07. The summed E-state index contributed by atoms with van der Waals surface area (Å²) in [5, 5.41) is 4.59. The maximum absolute atomic E-state index is 2.33. The Bertz CT molecular complexity index is 88.9. The van der Waals surface area contributed by atoms with Crippen molar-refractivity contribution >= 4 is 0 Å². The Morgan fingerprint density at radius 2 is 1.89 bits per heavy atom. The van der Waals surface area contributed by atoms with Crippen molar-refractivity contribution in [1.29, 1.82) is 0 Å². The van der Waals surface area contributed by atoms with E-state index in [-0.39, 0.29) is 0 Å². The van der Waals surface area contributed by atoms with Crippen molar-refractivity contribution in [2.75, 3.05) is 20.6 Å². The molecule has 0 spiro atoms. The Kier molecular flexibility index (Phi) is 2.09. The standard InChI is InChI=1S/C7H16N2/c1-4-8(2)9(3)7-5-6-7/h7H,4-6H2,1-3H3. The molecule has 1 saturated carbocycles. The van der Waals surface area contributed by atoms with E-state index in [4.69, 9.17) is 0 Å². The molecule has 54 valence electrons. The van der Waals surface area contributed by atoms with Gasteiger partial charge in [-0.1, -0.05) is 6.92 Å². The van der Waals surface area contributed by atoms with Crippen molar-refractivity contribution in [2.45, 2.75) is 25.8 Å². The quantitative estimate of drug-likeness (QED) is 0.522. The number of nitrogens with zero attached hydrogens (tertiary/aromatic N) is 2. The predicted molar refractivity (Wildman–Crippen MR) is 39.1 cm³/mol. The van der Waals surface area contributed by atoms with Crippen LogP contribution in [0.1, 0.15) is 19.8 Å². The second-order valence-corrected chi connectivity index (χ2v) is 2.78. The molecule has 0 N–H and O–H groups in total. The SMILES string of the molecule is CCN(C)N(C)C1CC1. The normalized spacial score (nSPS) is 19.7. The van der Waals surface area contributed by atoms with Gasteiger partial charge in [-0.2, -0.15) is 0 Å². The Labute approximate surface area is 57.4 Å². The van der Waals surface area contributed by atoms with Gasteiger partial charge in [0.25, 0.3) is 0 Å². The summed E-state index contributed by atoms with van der Waals surface area (Å²) in [6.45, 7) is 3.30. The summed E-state index contributed by atoms with van der Waals surface area (Å²) in [7, 11) is 4.31. The molecule has 0 amide bonds.